The lowest BCUT2D eigenvalue weighted by molar-refractivity contribution is 0.404. The maximum atomic E-state index is 5.73. The van der Waals surface area contributed by atoms with Crippen LogP contribution in [0.1, 0.15) is 22.4 Å². The summed E-state index contributed by atoms with van der Waals surface area (Å²) < 4.78 is 5.57. The van der Waals surface area contributed by atoms with E-state index < -0.39 is 0 Å². The Balaban J connectivity index is 1.96. The summed E-state index contributed by atoms with van der Waals surface area (Å²) in [6.07, 6.45) is 0. The van der Waals surface area contributed by atoms with Gasteiger partial charge in [0.15, 0.2) is 0 Å². The van der Waals surface area contributed by atoms with E-state index >= 15 is 0 Å². The molecular formula is C12H16N2OS. The molecule has 3 N–H and O–H groups in total. The van der Waals surface area contributed by atoms with Gasteiger partial charge in [-0.25, -0.2) is 0 Å². The van der Waals surface area contributed by atoms with E-state index in [9.17, 15) is 0 Å². The summed E-state index contributed by atoms with van der Waals surface area (Å²) in [5.41, 5.74) is 5.73. The van der Waals surface area contributed by atoms with Crippen molar-refractivity contribution in [2.75, 3.05) is 6.54 Å². The van der Waals surface area contributed by atoms with Crippen molar-refractivity contribution < 1.29 is 4.42 Å². The summed E-state index contributed by atoms with van der Waals surface area (Å²) in [5, 5.41) is 5.47. The van der Waals surface area contributed by atoms with E-state index in [0.29, 0.717) is 6.54 Å². The van der Waals surface area contributed by atoms with Gasteiger partial charge in [-0.2, -0.15) is 0 Å². The lowest BCUT2D eigenvalue weighted by Crippen LogP contribution is -2.27. The predicted octanol–water partition coefficient (Wildman–Crippen LogP) is 2.44. The van der Waals surface area contributed by atoms with Gasteiger partial charge in [0.2, 0.25) is 0 Å². The van der Waals surface area contributed by atoms with Crippen LogP contribution in [-0.4, -0.2) is 6.54 Å². The number of nitrogens with two attached hydrogens (primary N) is 1. The molecule has 1 unspecified atom stereocenters. The summed E-state index contributed by atoms with van der Waals surface area (Å²) in [6.45, 7) is 3.31. The maximum Gasteiger partial charge on any atom is 0.122 e. The lowest BCUT2D eigenvalue weighted by atomic mass is 10.2. The van der Waals surface area contributed by atoms with Crippen molar-refractivity contribution in [2.24, 2.45) is 5.73 Å². The van der Waals surface area contributed by atoms with Crippen molar-refractivity contribution >= 4 is 11.3 Å². The number of hydrogen-bond donors (Lipinski definition) is 2. The van der Waals surface area contributed by atoms with Crippen LogP contribution in [0, 0.1) is 6.92 Å². The fourth-order valence-corrected chi connectivity index (χ4v) is 2.23. The highest BCUT2D eigenvalue weighted by molar-refractivity contribution is 7.09. The molecule has 86 valence electrons. The SMILES string of the molecule is Cc1ccc(C(CN)NCc2cccs2)o1. The molecule has 0 aromatic carbocycles. The number of rotatable bonds is 5. The highest BCUT2D eigenvalue weighted by Crippen LogP contribution is 2.16. The van der Waals surface area contributed by atoms with E-state index in [4.69, 9.17) is 10.2 Å². The molecule has 0 radical (unpaired) electrons. The Bertz CT molecular complexity index is 422. The molecule has 0 aliphatic heterocycles. The molecule has 0 aliphatic rings. The average molecular weight is 236 g/mol. The highest BCUT2D eigenvalue weighted by atomic mass is 32.1. The number of nitrogens with one attached hydrogen (secondary N) is 1. The predicted molar refractivity (Wildman–Crippen MR) is 66.4 cm³/mol. The normalized spacial score (nSPS) is 12.9. The van der Waals surface area contributed by atoms with Gasteiger partial charge in [-0.15, -0.1) is 11.3 Å². The molecular weight excluding hydrogens is 220 g/mol. The van der Waals surface area contributed by atoms with Crippen LogP contribution in [0.2, 0.25) is 0 Å². The van der Waals surface area contributed by atoms with Crippen LogP contribution in [0.15, 0.2) is 34.1 Å². The molecule has 0 saturated heterocycles. The first-order valence-electron chi connectivity index (χ1n) is 5.32. The van der Waals surface area contributed by atoms with E-state index in [0.717, 1.165) is 18.1 Å². The Morgan fingerprint density at radius 3 is 2.88 bits per heavy atom. The molecule has 0 fully saturated rings. The third kappa shape index (κ3) is 2.72. The van der Waals surface area contributed by atoms with E-state index in [1.807, 2.05) is 19.1 Å². The van der Waals surface area contributed by atoms with E-state index in [-0.39, 0.29) is 6.04 Å². The molecule has 0 spiro atoms. The topological polar surface area (TPSA) is 51.2 Å². The minimum absolute atomic E-state index is 0.0933. The first-order valence-corrected chi connectivity index (χ1v) is 6.19. The van der Waals surface area contributed by atoms with Gasteiger partial charge in [0.1, 0.15) is 11.5 Å². The lowest BCUT2D eigenvalue weighted by Gasteiger charge is -2.13. The molecule has 2 aromatic rings. The third-order valence-corrected chi connectivity index (χ3v) is 3.32. The first kappa shape index (κ1) is 11.4. The van der Waals surface area contributed by atoms with Gasteiger partial charge in [0, 0.05) is 18.0 Å². The van der Waals surface area contributed by atoms with Crippen LogP contribution in [0.5, 0.6) is 0 Å². The molecule has 2 heterocycles. The summed E-state index contributed by atoms with van der Waals surface area (Å²) >= 11 is 1.74. The largest absolute Gasteiger partial charge is 0.465 e. The van der Waals surface area contributed by atoms with Gasteiger partial charge in [-0.05, 0) is 30.5 Å². The first-order chi connectivity index (χ1) is 7.79. The van der Waals surface area contributed by atoms with Crippen molar-refractivity contribution in [1.82, 2.24) is 5.32 Å². The zero-order chi connectivity index (χ0) is 11.4. The van der Waals surface area contributed by atoms with Gasteiger partial charge in [-0.1, -0.05) is 6.07 Å². The van der Waals surface area contributed by atoms with Crippen LogP contribution in [0.3, 0.4) is 0 Å². The quantitative estimate of drug-likeness (QED) is 0.838. The minimum Gasteiger partial charge on any atom is -0.465 e. The summed E-state index contributed by atoms with van der Waals surface area (Å²) in [6, 6.07) is 8.20. The molecule has 16 heavy (non-hydrogen) atoms. The second-order valence-corrected chi connectivity index (χ2v) is 4.73. The number of thiophene rings is 1. The van der Waals surface area contributed by atoms with Crippen LogP contribution >= 0.6 is 11.3 Å². The molecule has 2 rings (SSSR count). The second-order valence-electron chi connectivity index (χ2n) is 3.70. The third-order valence-electron chi connectivity index (χ3n) is 2.44. The number of aryl methyl sites for hydroxylation is 1. The Labute approximate surface area is 99.3 Å². The Kier molecular flexibility index (Phi) is 3.77. The van der Waals surface area contributed by atoms with Gasteiger partial charge in [0.05, 0.1) is 6.04 Å². The number of furan rings is 1. The molecule has 0 saturated carbocycles. The Morgan fingerprint density at radius 1 is 1.44 bits per heavy atom. The zero-order valence-corrected chi connectivity index (χ0v) is 10.1. The van der Waals surface area contributed by atoms with Gasteiger partial charge < -0.3 is 15.5 Å². The van der Waals surface area contributed by atoms with Gasteiger partial charge >= 0.3 is 0 Å². The summed E-state index contributed by atoms with van der Waals surface area (Å²) in [5.74, 6) is 1.84. The second kappa shape index (κ2) is 5.30. The van der Waals surface area contributed by atoms with Gasteiger partial charge in [-0.3, -0.25) is 0 Å². The van der Waals surface area contributed by atoms with Crippen molar-refractivity contribution in [2.45, 2.75) is 19.5 Å². The molecule has 0 amide bonds. The smallest absolute Gasteiger partial charge is 0.122 e. The van der Waals surface area contributed by atoms with Gasteiger partial charge in [0.25, 0.3) is 0 Å². The van der Waals surface area contributed by atoms with Crippen molar-refractivity contribution in [3.8, 4) is 0 Å². The summed E-state index contributed by atoms with van der Waals surface area (Å²) in [4.78, 5) is 1.31. The van der Waals surface area contributed by atoms with E-state index in [1.54, 1.807) is 11.3 Å². The minimum atomic E-state index is 0.0933. The fraction of sp³-hybridized carbons (Fsp3) is 0.333. The average Bonchev–Trinajstić information content (AvgIpc) is 2.91. The molecule has 2 aromatic heterocycles. The maximum absolute atomic E-state index is 5.73. The molecule has 0 aliphatic carbocycles. The van der Waals surface area contributed by atoms with Crippen molar-refractivity contribution in [3.05, 3.63) is 46.0 Å². The molecule has 0 bridgehead atoms. The number of hydrogen-bond acceptors (Lipinski definition) is 4. The standard InChI is InChI=1S/C12H16N2OS/c1-9-4-5-12(15-9)11(7-13)14-8-10-3-2-6-16-10/h2-6,11,14H,7-8,13H2,1H3. The monoisotopic (exact) mass is 236 g/mol. The van der Waals surface area contributed by atoms with Crippen LogP contribution in [0.4, 0.5) is 0 Å². The fourth-order valence-electron chi connectivity index (χ4n) is 1.58. The Morgan fingerprint density at radius 2 is 2.31 bits per heavy atom. The van der Waals surface area contributed by atoms with Crippen LogP contribution in [0.25, 0.3) is 0 Å². The Hall–Kier alpha value is -1.10. The highest BCUT2D eigenvalue weighted by Gasteiger charge is 2.12. The molecule has 1 atom stereocenters. The van der Waals surface area contributed by atoms with E-state index in [2.05, 4.69) is 22.8 Å². The van der Waals surface area contributed by atoms with E-state index in [1.165, 1.54) is 4.88 Å². The van der Waals surface area contributed by atoms with Crippen LogP contribution < -0.4 is 11.1 Å². The van der Waals surface area contributed by atoms with Crippen molar-refractivity contribution in [1.29, 1.82) is 0 Å². The zero-order valence-electron chi connectivity index (χ0n) is 9.27. The molecule has 3 nitrogen and oxygen atoms in total. The van der Waals surface area contributed by atoms with Crippen LogP contribution in [-0.2, 0) is 6.54 Å². The molecule has 4 heteroatoms. The van der Waals surface area contributed by atoms with Crippen molar-refractivity contribution in [3.63, 3.8) is 0 Å². The summed E-state index contributed by atoms with van der Waals surface area (Å²) in [7, 11) is 0.